The number of benzene rings is 1. The largest absolute Gasteiger partial charge is 0.354 e. The first-order valence-electron chi connectivity index (χ1n) is 6.45. The van der Waals surface area contributed by atoms with Gasteiger partial charge in [-0.1, -0.05) is 29.8 Å². The Hall–Kier alpha value is -1.88. The zero-order valence-corrected chi connectivity index (χ0v) is 11.1. The highest BCUT2D eigenvalue weighted by Gasteiger charge is 2.25. The first-order chi connectivity index (χ1) is 9.08. The lowest BCUT2D eigenvalue weighted by molar-refractivity contribution is -0.136. The third kappa shape index (κ3) is 3.32. The first-order valence-corrected chi connectivity index (χ1v) is 6.45. The molecule has 1 aromatic rings. The van der Waals surface area contributed by atoms with Crippen molar-refractivity contribution in [3.8, 4) is 0 Å². The second-order valence-corrected chi connectivity index (χ2v) is 4.85. The van der Waals surface area contributed by atoms with Gasteiger partial charge >= 0.3 is 0 Å². The molecule has 0 saturated carbocycles. The molecule has 102 valence electrons. The molecule has 1 saturated heterocycles. The molecule has 1 atom stereocenters. The Morgan fingerprint density at radius 2 is 2.05 bits per heavy atom. The van der Waals surface area contributed by atoms with Gasteiger partial charge in [-0.25, -0.2) is 0 Å². The number of carbonyl (C=O) groups excluding carboxylic acids is 2. The number of aryl methyl sites for hydroxylation is 1. The number of hydrogen-bond donors (Lipinski definition) is 2. The highest BCUT2D eigenvalue weighted by Crippen LogP contribution is 2.15. The summed E-state index contributed by atoms with van der Waals surface area (Å²) >= 11 is 0. The number of hydrogen-bond acceptors (Lipinski definition) is 3. The van der Waals surface area contributed by atoms with E-state index in [1.807, 2.05) is 31.2 Å². The molecule has 19 heavy (non-hydrogen) atoms. The van der Waals surface area contributed by atoms with Crippen molar-refractivity contribution in [2.45, 2.75) is 19.4 Å². The van der Waals surface area contributed by atoms with Gasteiger partial charge in [-0.15, -0.1) is 0 Å². The summed E-state index contributed by atoms with van der Waals surface area (Å²) < 4.78 is 0. The van der Waals surface area contributed by atoms with Crippen LogP contribution in [0.25, 0.3) is 0 Å². The van der Waals surface area contributed by atoms with Crippen LogP contribution in [0.15, 0.2) is 24.3 Å². The smallest absolute Gasteiger partial charge is 0.244 e. The minimum atomic E-state index is -0.702. The average molecular weight is 261 g/mol. The predicted molar refractivity (Wildman–Crippen MR) is 72.3 cm³/mol. The summed E-state index contributed by atoms with van der Waals surface area (Å²) in [5.74, 6) is -0.317. The molecule has 1 aliphatic rings. The summed E-state index contributed by atoms with van der Waals surface area (Å²) in [5, 5.41) is 2.74. The topological polar surface area (TPSA) is 75.4 Å². The van der Waals surface area contributed by atoms with E-state index < -0.39 is 6.04 Å². The van der Waals surface area contributed by atoms with E-state index in [9.17, 15) is 9.59 Å². The van der Waals surface area contributed by atoms with Crippen LogP contribution in [0.4, 0.5) is 0 Å². The maximum absolute atomic E-state index is 12.3. The van der Waals surface area contributed by atoms with E-state index in [-0.39, 0.29) is 18.4 Å². The predicted octanol–water partition coefficient (Wildman–Crippen LogP) is 0.343. The van der Waals surface area contributed by atoms with Crippen molar-refractivity contribution in [3.05, 3.63) is 35.4 Å². The van der Waals surface area contributed by atoms with Crippen molar-refractivity contribution in [2.24, 2.45) is 5.73 Å². The van der Waals surface area contributed by atoms with Gasteiger partial charge in [0.05, 0.1) is 6.54 Å². The molecule has 5 heteroatoms. The summed E-state index contributed by atoms with van der Waals surface area (Å²) in [6, 6.07) is 6.87. The zero-order valence-electron chi connectivity index (χ0n) is 11.1. The van der Waals surface area contributed by atoms with Crippen LogP contribution in [0.1, 0.15) is 23.6 Å². The van der Waals surface area contributed by atoms with E-state index in [1.54, 1.807) is 0 Å². The number of carbonyl (C=O) groups is 2. The molecule has 2 amide bonds. The third-order valence-corrected chi connectivity index (χ3v) is 3.28. The van der Waals surface area contributed by atoms with Crippen LogP contribution in [0.2, 0.25) is 0 Å². The summed E-state index contributed by atoms with van der Waals surface area (Å²) in [4.78, 5) is 25.3. The summed E-state index contributed by atoms with van der Waals surface area (Å²) in [6.45, 7) is 3.26. The second-order valence-electron chi connectivity index (χ2n) is 4.85. The summed E-state index contributed by atoms with van der Waals surface area (Å²) in [7, 11) is 0. The molecule has 5 nitrogen and oxygen atoms in total. The van der Waals surface area contributed by atoms with Crippen molar-refractivity contribution in [2.75, 3.05) is 19.6 Å². The third-order valence-electron chi connectivity index (χ3n) is 3.28. The van der Waals surface area contributed by atoms with Crippen molar-refractivity contribution < 1.29 is 9.59 Å². The molecule has 2 rings (SSSR count). The van der Waals surface area contributed by atoms with Crippen LogP contribution >= 0.6 is 0 Å². The minimum absolute atomic E-state index is 0.0956. The Labute approximate surface area is 112 Å². The second kappa shape index (κ2) is 5.84. The molecule has 1 fully saturated rings. The molecule has 0 spiro atoms. The van der Waals surface area contributed by atoms with Gasteiger partial charge < -0.3 is 16.0 Å². The van der Waals surface area contributed by atoms with E-state index in [0.29, 0.717) is 13.1 Å². The lowest BCUT2D eigenvalue weighted by Crippen LogP contribution is -2.42. The van der Waals surface area contributed by atoms with Crippen LogP contribution in [0, 0.1) is 6.92 Å². The van der Waals surface area contributed by atoms with E-state index in [2.05, 4.69) is 5.32 Å². The first kappa shape index (κ1) is 13.5. The number of nitrogens with zero attached hydrogens (tertiary/aromatic N) is 1. The van der Waals surface area contributed by atoms with Gasteiger partial charge in [-0.3, -0.25) is 9.59 Å². The Balaban J connectivity index is 2.09. The molecule has 1 aliphatic heterocycles. The number of nitrogens with one attached hydrogen (secondary N) is 1. The maximum atomic E-state index is 12.3. The van der Waals surface area contributed by atoms with Gasteiger partial charge in [0, 0.05) is 13.1 Å². The van der Waals surface area contributed by atoms with Crippen LogP contribution in [-0.4, -0.2) is 36.3 Å². The Morgan fingerprint density at radius 3 is 2.74 bits per heavy atom. The van der Waals surface area contributed by atoms with Crippen LogP contribution < -0.4 is 11.1 Å². The van der Waals surface area contributed by atoms with Gasteiger partial charge in [0.2, 0.25) is 11.8 Å². The molecule has 0 aliphatic carbocycles. The van der Waals surface area contributed by atoms with Crippen LogP contribution in [-0.2, 0) is 9.59 Å². The molecular weight excluding hydrogens is 242 g/mol. The van der Waals surface area contributed by atoms with E-state index >= 15 is 0 Å². The molecule has 3 N–H and O–H groups in total. The van der Waals surface area contributed by atoms with Gasteiger partial charge in [-0.05, 0) is 18.9 Å². The van der Waals surface area contributed by atoms with Crippen molar-refractivity contribution in [1.29, 1.82) is 0 Å². The number of amides is 2. The van der Waals surface area contributed by atoms with Gasteiger partial charge in [0.15, 0.2) is 0 Å². The van der Waals surface area contributed by atoms with Crippen molar-refractivity contribution in [3.63, 3.8) is 0 Å². The van der Waals surface area contributed by atoms with Crippen LogP contribution in [0.5, 0.6) is 0 Å². The Kier molecular flexibility index (Phi) is 4.16. The fraction of sp³-hybridized carbons (Fsp3) is 0.429. The molecule has 0 bridgehead atoms. The quantitative estimate of drug-likeness (QED) is 0.806. The normalized spacial score (nSPS) is 17.6. The summed E-state index contributed by atoms with van der Waals surface area (Å²) in [5.41, 5.74) is 7.89. The average Bonchev–Trinajstić information content (AvgIpc) is 2.62. The molecular formula is C14H19N3O2. The number of nitrogens with two attached hydrogens (primary N) is 1. The van der Waals surface area contributed by atoms with Gasteiger partial charge in [0.25, 0.3) is 0 Å². The Morgan fingerprint density at radius 1 is 1.37 bits per heavy atom. The van der Waals surface area contributed by atoms with Gasteiger partial charge in [-0.2, -0.15) is 0 Å². The highest BCUT2D eigenvalue weighted by molar-refractivity contribution is 5.88. The fourth-order valence-electron chi connectivity index (χ4n) is 2.11. The standard InChI is InChI=1S/C14H19N3O2/c1-10-3-5-11(6-4-10)13(15)14(19)17-8-2-7-16-12(18)9-17/h3-6,13H,2,7-9,15H2,1H3,(H,16,18). The van der Waals surface area contributed by atoms with Crippen molar-refractivity contribution >= 4 is 11.8 Å². The monoisotopic (exact) mass is 261 g/mol. The van der Waals surface area contributed by atoms with Crippen LogP contribution in [0.3, 0.4) is 0 Å². The SMILES string of the molecule is Cc1ccc(C(N)C(=O)N2CCCNC(=O)C2)cc1. The maximum Gasteiger partial charge on any atom is 0.244 e. The lowest BCUT2D eigenvalue weighted by Gasteiger charge is -2.23. The van der Waals surface area contributed by atoms with Gasteiger partial charge in [0.1, 0.15) is 6.04 Å². The van der Waals surface area contributed by atoms with E-state index in [4.69, 9.17) is 5.73 Å². The van der Waals surface area contributed by atoms with E-state index in [1.165, 1.54) is 4.90 Å². The lowest BCUT2D eigenvalue weighted by atomic mass is 10.0. The molecule has 1 heterocycles. The summed E-state index contributed by atoms with van der Waals surface area (Å²) in [6.07, 6.45) is 0.762. The number of rotatable bonds is 2. The minimum Gasteiger partial charge on any atom is -0.354 e. The molecule has 0 radical (unpaired) electrons. The molecule has 0 aromatic heterocycles. The van der Waals surface area contributed by atoms with E-state index in [0.717, 1.165) is 17.5 Å². The fourth-order valence-corrected chi connectivity index (χ4v) is 2.11. The Bertz CT molecular complexity index is 470. The zero-order chi connectivity index (χ0) is 13.8. The molecule has 1 aromatic carbocycles. The van der Waals surface area contributed by atoms with Crippen molar-refractivity contribution in [1.82, 2.24) is 10.2 Å². The molecule has 1 unspecified atom stereocenters. The highest BCUT2D eigenvalue weighted by atomic mass is 16.2.